The molecule has 8 nitrogen and oxygen atoms in total. The molecule has 1 unspecified atom stereocenters. The molecule has 1 saturated heterocycles. The Labute approximate surface area is 215 Å². The van der Waals surface area contributed by atoms with Crippen LogP contribution in [0.5, 0.6) is 23.0 Å². The summed E-state index contributed by atoms with van der Waals surface area (Å²) in [5.74, 6) is 0.0384. The molecule has 4 rings (SSSR count). The van der Waals surface area contributed by atoms with Crippen LogP contribution in [0.4, 0.5) is 5.69 Å². The second-order valence-corrected chi connectivity index (χ2v) is 8.41. The zero-order chi connectivity index (χ0) is 26.7. The Kier molecular flexibility index (Phi) is 7.38. The fraction of sp³-hybridized carbons (Fsp3) is 0.241. The predicted molar refractivity (Wildman–Crippen MR) is 140 cm³/mol. The number of methoxy groups -OCH3 is 3. The average Bonchev–Trinajstić information content (AvgIpc) is 3.18. The van der Waals surface area contributed by atoms with Crippen molar-refractivity contribution in [3.8, 4) is 23.0 Å². The van der Waals surface area contributed by atoms with Gasteiger partial charge >= 0.3 is 0 Å². The molecule has 0 aromatic heterocycles. The number of carbonyl (C=O) groups is 2. The van der Waals surface area contributed by atoms with Crippen LogP contribution in [0.2, 0.25) is 0 Å². The van der Waals surface area contributed by atoms with Crippen molar-refractivity contribution in [1.82, 2.24) is 0 Å². The van der Waals surface area contributed by atoms with Crippen LogP contribution in [0.15, 0.2) is 66.2 Å². The minimum Gasteiger partial charge on any atom is -0.507 e. The molecule has 1 N–H and O–H groups in total. The SMILES string of the molecule is CCOc1cc(C2/C(=C(\O)c3cc(C)ccc3OC)C(=O)C(=O)N2c2ccc(OC)cc2)ccc1OC. The quantitative estimate of drug-likeness (QED) is 0.261. The molecule has 0 aliphatic carbocycles. The first kappa shape index (κ1) is 25.6. The van der Waals surface area contributed by atoms with E-state index < -0.39 is 17.7 Å². The summed E-state index contributed by atoms with van der Waals surface area (Å²) in [4.78, 5) is 28.3. The fourth-order valence-electron chi connectivity index (χ4n) is 4.44. The fourth-order valence-corrected chi connectivity index (χ4v) is 4.44. The van der Waals surface area contributed by atoms with Crippen LogP contribution >= 0.6 is 0 Å². The average molecular weight is 504 g/mol. The van der Waals surface area contributed by atoms with Crippen molar-refractivity contribution in [2.75, 3.05) is 32.8 Å². The highest BCUT2D eigenvalue weighted by Crippen LogP contribution is 2.45. The highest BCUT2D eigenvalue weighted by molar-refractivity contribution is 6.51. The molecular weight excluding hydrogens is 474 g/mol. The largest absolute Gasteiger partial charge is 0.507 e. The van der Waals surface area contributed by atoms with Gasteiger partial charge in [-0.05, 0) is 67.9 Å². The number of benzene rings is 3. The molecule has 1 amide bonds. The van der Waals surface area contributed by atoms with Crippen LogP contribution in [-0.4, -0.2) is 44.7 Å². The molecule has 1 fully saturated rings. The topological polar surface area (TPSA) is 94.5 Å². The number of nitrogens with zero attached hydrogens (tertiary/aromatic N) is 1. The number of aryl methyl sites for hydroxylation is 1. The number of rotatable bonds is 8. The van der Waals surface area contributed by atoms with Crippen molar-refractivity contribution >= 4 is 23.1 Å². The highest BCUT2D eigenvalue weighted by atomic mass is 16.5. The van der Waals surface area contributed by atoms with E-state index in [4.69, 9.17) is 18.9 Å². The number of Topliss-reactive ketones (excluding diaryl/α,β-unsaturated/α-hetero) is 1. The van der Waals surface area contributed by atoms with Crippen molar-refractivity contribution < 1.29 is 33.6 Å². The van der Waals surface area contributed by atoms with Crippen molar-refractivity contribution in [2.45, 2.75) is 19.9 Å². The highest BCUT2D eigenvalue weighted by Gasteiger charge is 2.47. The van der Waals surface area contributed by atoms with Gasteiger partial charge in [-0.2, -0.15) is 0 Å². The van der Waals surface area contributed by atoms with Crippen LogP contribution in [-0.2, 0) is 9.59 Å². The van der Waals surface area contributed by atoms with E-state index in [0.29, 0.717) is 46.4 Å². The number of ether oxygens (including phenoxy) is 4. The van der Waals surface area contributed by atoms with Gasteiger partial charge in [-0.3, -0.25) is 14.5 Å². The molecule has 3 aromatic carbocycles. The first-order valence-corrected chi connectivity index (χ1v) is 11.7. The van der Waals surface area contributed by atoms with Gasteiger partial charge in [-0.15, -0.1) is 0 Å². The number of amides is 1. The van der Waals surface area contributed by atoms with Gasteiger partial charge in [0.1, 0.15) is 17.3 Å². The monoisotopic (exact) mass is 503 g/mol. The Bertz CT molecular complexity index is 1360. The zero-order valence-electron chi connectivity index (χ0n) is 21.4. The first-order chi connectivity index (χ1) is 17.8. The summed E-state index contributed by atoms with van der Waals surface area (Å²) in [7, 11) is 4.56. The molecule has 1 aliphatic rings. The third-order valence-corrected chi connectivity index (χ3v) is 6.21. The van der Waals surface area contributed by atoms with Gasteiger partial charge in [-0.1, -0.05) is 17.7 Å². The number of hydrogen-bond acceptors (Lipinski definition) is 7. The minimum absolute atomic E-state index is 0.0580. The maximum Gasteiger partial charge on any atom is 0.300 e. The van der Waals surface area contributed by atoms with E-state index in [1.807, 2.05) is 19.9 Å². The van der Waals surface area contributed by atoms with Crippen LogP contribution < -0.4 is 23.8 Å². The van der Waals surface area contributed by atoms with E-state index in [1.54, 1.807) is 61.7 Å². The van der Waals surface area contributed by atoms with Crippen molar-refractivity contribution in [2.24, 2.45) is 0 Å². The minimum atomic E-state index is -0.941. The summed E-state index contributed by atoms with van der Waals surface area (Å²) in [6.07, 6.45) is 0. The Morgan fingerprint density at radius 2 is 1.54 bits per heavy atom. The molecule has 0 saturated carbocycles. The summed E-state index contributed by atoms with van der Waals surface area (Å²) in [5.41, 5.74) is 2.15. The van der Waals surface area contributed by atoms with Crippen LogP contribution in [0.3, 0.4) is 0 Å². The number of ketones is 1. The van der Waals surface area contributed by atoms with Crippen LogP contribution in [0.1, 0.15) is 29.7 Å². The summed E-state index contributed by atoms with van der Waals surface area (Å²) in [6, 6.07) is 16.3. The molecule has 0 spiro atoms. The van der Waals surface area contributed by atoms with Gasteiger partial charge in [0.2, 0.25) is 0 Å². The van der Waals surface area contributed by atoms with Gasteiger partial charge in [0.05, 0.1) is 45.1 Å². The van der Waals surface area contributed by atoms with E-state index in [2.05, 4.69) is 0 Å². The van der Waals surface area contributed by atoms with E-state index >= 15 is 0 Å². The van der Waals surface area contributed by atoms with Gasteiger partial charge < -0.3 is 24.1 Å². The summed E-state index contributed by atoms with van der Waals surface area (Å²) in [6.45, 7) is 4.10. The first-order valence-electron chi connectivity index (χ1n) is 11.7. The lowest BCUT2D eigenvalue weighted by Gasteiger charge is -2.26. The lowest BCUT2D eigenvalue weighted by molar-refractivity contribution is -0.132. The van der Waals surface area contributed by atoms with Gasteiger partial charge in [0.15, 0.2) is 11.5 Å². The summed E-state index contributed by atoms with van der Waals surface area (Å²) >= 11 is 0. The molecule has 37 heavy (non-hydrogen) atoms. The predicted octanol–water partition coefficient (Wildman–Crippen LogP) is 5.05. The van der Waals surface area contributed by atoms with E-state index in [0.717, 1.165) is 5.56 Å². The van der Waals surface area contributed by atoms with Crippen molar-refractivity contribution in [3.63, 3.8) is 0 Å². The second kappa shape index (κ2) is 10.7. The number of aliphatic hydroxyl groups excluding tert-OH is 1. The van der Waals surface area contributed by atoms with E-state index in [-0.39, 0.29) is 11.3 Å². The summed E-state index contributed by atoms with van der Waals surface area (Å²) in [5, 5.41) is 11.5. The molecule has 8 heteroatoms. The molecule has 1 heterocycles. The third kappa shape index (κ3) is 4.70. The lowest BCUT2D eigenvalue weighted by Crippen LogP contribution is -2.29. The zero-order valence-corrected chi connectivity index (χ0v) is 21.4. The second-order valence-electron chi connectivity index (χ2n) is 8.41. The molecule has 1 aliphatic heterocycles. The number of carbonyl (C=O) groups excluding carboxylic acids is 2. The normalized spacial score (nSPS) is 16.6. The summed E-state index contributed by atoms with van der Waals surface area (Å²) < 4.78 is 21.9. The number of hydrogen-bond donors (Lipinski definition) is 1. The van der Waals surface area contributed by atoms with Crippen molar-refractivity contribution in [3.05, 3.63) is 82.9 Å². The third-order valence-electron chi connectivity index (χ3n) is 6.21. The molecule has 3 aromatic rings. The molecular formula is C29H29NO7. The Morgan fingerprint density at radius 1 is 0.865 bits per heavy atom. The Balaban J connectivity index is 1.99. The maximum absolute atomic E-state index is 13.5. The van der Waals surface area contributed by atoms with Gasteiger partial charge in [0.25, 0.3) is 11.7 Å². The lowest BCUT2D eigenvalue weighted by atomic mass is 9.94. The molecule has 1 atom stereocenters. The standard InChI is InChI=1S/C29H29NO7/c1-6-37-24-16-18(8-14-23(24)36-5)26-25(27(31)21-15-17(2)7-13-22(21)35-4)28(32)29(33)30(26)19-9-11-20(34-3)12-10-19/h7-16,26,31H,6H2,1-5H3/b27-25+. The number of aliphatic hydroxyl groups is 1. The maximum atomic E-state index is 13.5. The molecule has 192 valence electrons. The van der Waals surface area contributed by atoms with Gasteiger partial charge in [-0.25, -0.2) is 0 Å². The van der Waals surface area contributed by atoms with E-state index in [1.165, 1.54) is 19.1 Å². The smallest absolute Gasteiger partial charge is 0.300 e. The Morgan fingerprint density at radius 3 is 2.16 bits per heavy atom. The van der Waals surface area contributed by atoms with Gasteiger partial charge in [0, 0.05) is 5.69 Å². The molecule has 0 radical (unpaired) electrons. The van der Waals surface area contributed by atoms with E-state index in [9.17, 15) is 14.7 Å². The Hall–Kier alpha value is -4.46. The van der Waals surface area contributed by atoms with Crippen molar-refractivity contribution in [1.29, 1.82) is 0 Å². The number of anilines is 1. The molecule has 0 bridgehead atoms. The van der Waals surface area contributed by atoms with Crippen LogP contribution in [0.25, 0.3) is 5.76 Å². The van der Waals surface area contributed by atoms with Crippen LogP contribution in [0, 0.1) is 6.92 Å².